The number of hydrogen-bond donors (Lipinski definition) is 1. The first kappa shape index (κ1) is 16.3. The second-order valence-electron chi connectivity index (χ2n) is 6.52. The lowest BCUT2D eigenvalue weighted by Crippen LogP contribution is -2.28. The molecule has 3 nitrogen and oxygen atoms in total. The smallest absolute Gasteiger partial charge is 0.0459 e. The van der Waals surface area contributed by atoms with E-state index in [4.69, 9.17) is 0 Å². The number of nitrogens with zero attached hydrogens (tertiary/aromatic N) is 1. The highest BCUT2D eigenvalue weighted by atomic mass is 35.5. The molecule has 0 unspecified atom stereocenters. The van der Waals surface area contributed by atoms with Crippen LogP contribution in [0.25, 0.3) is 10.9 Å². The zero-order valence-electron chi connectivity index (χ0n) is 12.7. The van der Waals surface area contributed by atoms with Gasteiger partial charge in [-0.05, 0) is 44.2 Å². The van der Waals surface area contributed by atoms with Gasteiger partial charge in [0.15, 0.2) is 0 Å². The average molecular weight is 309 g/mol. The van der Waals surface area contributed by atoms with Crippen LogP contribution in [-0.2, 0) is 6.42 Å². The highest BCUT2D eigenvalue weighted by molar-refractivity contribution is 5.86. The Morgan fingerprint density at radius 3 is 2.71 bits per heavy atom. The van der Waals surface area contributed by atoms with Gasteiger partial charge in [-0.1, -0.05) is 18.2 Å². The molecule has 1 aliphatic heterocycles. The number of nitrogens with one attached hydrogen (secondary N) is 1. The lowest BCUT2D eigenvalue weighted by molar-refractivity contribution is 0.263. The molecule has 0 saturated carbocycles. The number of aromatic amines is 1. The molecule has 2 aliphatic rings. The molecule has 3 N–H and O–H groups in total. The molecular weight excluding hydrogens is 284 g/mol. The minimum atomic E-state index is 0. The van der Waals surface area contributed by atoms with E-state index in [2.05, 4.69) is 48.0 Å². The number of fused-ring (bicyclic) bond motifs is 5. The van der Waals surface area contributed by atoms with Crippen LogP contribution in [-0.4, -0.2) is 34.5 Å². The van der Waals surface area contributed by atoms with Gasteiger partial charge in [0, 0.05) is 41.6 Å². The van der Waals surface area contributed by atoms with Gasteiger partial charge >= 0.3 is 0 Å². The Bertz CT molecular complexity index is 622. The first-order valence-electron chi connectivity index (χ1n) is 7.57. The van der Waals surface area contributed by atoms with Crippen molar-refractivity contribution in [1.29, 1.82) is 0 Å². The number of hydrogen-bond acceptors (Lipinski definition) is 1. The monoisotopic (exact) mass is 308 g/mol. The summed E-state index contributed by atoms with van der Waals surface area (Å²) in [7, 11) is 0. The third-order valence-corrected chi connectivity index (χ3v) is 5.16. The van der Waals surface area contributed by atoms with Gasteiger partial charge in [-0.25, -0.2) is 0 Å². The van der Waals surface area contributed by atoms with Gasteiger partial charge in [-0.15, -0.1) is 12.4 Å². The summed E-state index contributed by atoms with van der Waals surface area (Å²) >= 11 is 0. The van der Waals surface area contributed by atoms with Gasteiger partial charge in [0.2, 0.25) is 0 Å². The number of benzene rings is 1. The Hall–Kier alpha value is -1.03. The molecule has 2 heterocycles. The maximum absolute atomic E-state index is 3.65. The van der Waals surface area contributed by atoms with Crippen LogP contribution >= 0.6 is 12.4 Å². The summed E-state index contributed by atoms with van der Waals surface area (Å²) in [4.78, 5) is 6.31. The maximum atomic E-state index is 3.65. The predicted molar refractivity (Wildman–Crippen MR) is 90.4 cm³/mol. The molecule has 1 aromatic carbocycles. The summed E-state index contributed by atoms with van der Waals surface area (Å²) in [5, 5.41) is 1.47. The van der Waals surface area contributed by atoms with E-state index in [-0.39, 0.29) is 17.9 Å². The highest BCUT2D eigenvalue weighted by Gasteiger charge is 2.39. The number of halogens is 1. The zero-order valence-corrected chi connectivity index (χ0v) is 13.5. The third kappa shape index (κ3) is 2.48. The number of H-pyrrole nitrogens is 1. The van der Waals surface area contributed by atoms with Crippen molar-refractivity contribution in [1.82, 2.24) is 9.88 Å². The molecule has 0 amide bonds. The van der Waals surface area contributed by atoms with E-state index < -0.39 is 0 Å². The molecular formula is C17H25ClN2O. The van der Waals surface area contributed by atoms with E-state index in [1.54, 1.807) is 5.56 Å². The molecule has 116 valence electrons. The van der Waals surface area contributed by atoms with Gasteiger partial charge in [0.25, 0.3) is 0 Å². The number of likely N-dealkylation sites (tertiary alicyclic amines) is 1. The van der Waals surface area contributed by atoms with E-state index in [0.717, 1.165) is 11.8 Å². The van der Waals surface area contributed by atoms with Gasteiger partial charge in [-0.3, -0.25) is 0 Å². The molecule has 4 heteroatoms. The van der Waals surface area contributed by atoms with E-state index in [0.29, 0.717) is 6.04 Å². The molecule has 1 aliphatic carbocycles. The number of rotatable bonds is 1. The van der Waals surface area contributed by atoms with Crippen molar-refractivity contribution < 1.29 is 5.48 Å². The van der Waals surface area contributed by atoms with Crippen LogP contribution in [0.1, 0.15) is 37.4 Å². The summed E-state index contributed by atoms with van der Waals surface area (Å²) < 4.78 is 0. The van der Waals surface area contributed by atoms with E-state index >= 15 is 0 Å². The number of aryl methyl sites for hydroxylation is 1. The van der Waals surface area contributed by atoms with Crippen LogP contribution in [0.3, 0.4) is 0 Å². The minimum absolute atomic E-state index is 0. The quantitative estimate of drug-likeness (QED) is 0.864. The summed E-state index contributed by atoms with van der Waals surface area (Å²) in [6.07, 6.45) is 2.59. The normalized spacial score (nSPS) is 24.3. The Kier molecular flexibility index (Phi) is 4.66. The summed E-state index contributed by atoms with van der Waals surface area (Å²) in [6.45, 7) is 7.19. The summed E-state index contributed by atoms with van der Waals surface area (Å²) in [6, 6.07) is 9.51. The number of para-hydroxylation sites is 1. The summed E-state index contributed by atoms with van der Waals surface area (Å²) in [5.74, 6) is 1.62. The van der Waals surface area contributed by atoms with Crippen LogP contribution in [0.2, 0.25) is 0 Å². The maximum Gasteiger partial charge on any atom is 0.0459 e. The van der Waals surface area contributed by atoms with Crippen molar-refractivity contribution in [3.8, 4) is 0 Å². The highest BCUT2D eigenvalue weighted by Crippen LogP contribution is 2.44. The summed E-state index contributed by atoms with van der Waals surface area (Å²) in [5.41, 5.74) is 4.47. The molecule has 0 bridgehead atoms. The fraction of sp³-hybridized carbons (Fsp3) is 0.529. The van der Waals surface area contributed by atoms with Gasteiger partial charge in [0.1, 0.15) is 0 Å². The van der Waals surface area contributed by atoms with E-state index in [1.165, 1.54) is 42.5 Å². The van der Waals surface area contributed by atoms with Crippen molar-refractivity contribution in [3.05, 3.63) is 35.5 Å². The fourth-order valence-electron chi connectivity index (χ4n) is 4.12. The van der Waals surface area contributed by atoms with Gasteiger partial charge in [-0.2, -0.15) is 0 Å². The lowest BCUT2D eigenvalue weighted by Gasteiger charge is -2.24. The Balaban J connectivity index is 0.000000807. The fourth-order valence-corrected chi connectivity index (χ4v) is 4.12. The van der Waals surface area contributed by atoms with Crippen LogP contribution in [0.4, 0.5) is 0 Å². The zero-order chi connectivity index (χ0) is 13.0. The Morgan fingerprint density at radius 1 is 1.19 bits per heavy atom. The van der Waals surface area contributed by atoms with Crippen molar-refractivity contribution in [2.24, 2.45) is 5.92 Å². The Labute approximate surface area is 132 Å². The molecule has 1 fully saturated rings. The molecule has 2 atom stereocenters. The van der Waals surface area contributed by atoms with Gasteiger partial charge in [0.05, 0.1) is 0 Å². The first-order valence-corrected chi connectivity index (χ1v) is 7.57. The first-order chi connectivity index (χ1) is 9.24. The lowest BCUT2D eigenvalue weighted by atomic mass is 9.79. The van der Waals surface area contributed by atoms with Crippen molar-refractivity contribution in [2.75, 3.05) is 13.1 Å². The average Bonchev–Trinajstić information content (AvgIpc) is 2.98. The second kappa shape index (κ2) is 5.99. The van der Waals surface area contributed by atoms with Crippen LogP contribution in [0.15, 0.2) is 24.3 Å². The predicted octanol–water partition coefficient (Wildman–Crippen LogP) is 3.14. The largest absolute Gasteiger partial charge is 0.412 e. The molecule has 1 saturated heterocycles. The number of aromatic nitrogens is 1. The van der Waals surface area contributed by atoms with Crippen LogP contribution in [0, 0.1) is 5.92 Å². The van der Waals surface area contributed by atoms with Crippen LogP contribution < -0.4 is 0 Å². The molecule has 21 heavy (non-hydrogen) atoms. The van der Waals surface area contributed by atoms with Crippen molar-refractivity contribution in [2.45, 2.75) is 38.6 Å². The van der Waals surface area contributed by atoms with E-state index in [1.807, 2.05) is 0 Å². The molecule has 0 radical (unpaired) electrons. The molecule has 0 spiro atoms. The molecule has 1 aromatic heterocycles. The van der Waals surface area contributed by atoms with Crippen LogP contribution in [0.5, 0.6) is 0 Å². The second-order valence-corrected chi connectivity index (χ2v) is 6.52. The standard InChI is InChI=1S/C17H22N2.ClH.H2O/c1-11(2)19-9-12-7-8-16-17(14(12)10-19)13-5-3-4-6-15(13)18-16;;/h3-6,11-12,14,18H,7-10H2,1-2H3;1H;1H2/t12-,14+;;/m1../s1. The molecule has 4 rings (SSSR count). The third-order valence-electron chi connectivity index (χ3n) is 5.16. The van der Waals surface area contributed by atoms with E-state index in [9.17, 15) is 0 Å². The molecule has 2 aromatic rings. The van der Waals surface area contributed by atoms with Crippen molar-refractivity contribution >= 4 is 23.3 Å². The Morgan fingerprint density at radius 2 is 1.95 bits per heavy atom. The van der Waals surface area contributed by atoms with Crippen molar-refractivity contribution in [3.63, 3.8) is 0 Å². The van der Waals surface area contributed by atoms with Gasteiger partial charge < -0.3 is 15.4 Å². The SMILES string of the molecule is CC(C)N1C[C@H]2CCc3[nH]c4ccccc4c3[C@H]2C1.Cl.O. The topological polar surface area (TPSA) is 50.5 Å². The minimum Gasteiger partial charge on any atom is -0.412 e.